The molecule has 0 unspecified atom stereocenters. The fourth-order valence-corrected chi connectivity index (χ4v) is 10.9. The first-order valence-corrected chi connectivity index (χ1v) is 20.3. The molecule has 0 aliphatic rings. The second-order valence-electron chi connectivity index (χ2n) is 14.0. The van der Waals surface area contributed by atoms with E-state index in [4.69, 9.17) is 0 Å². The smallest absolute Gasteiger partial charge is 0.0540 e. The zero-order chi connectivity index (χ0) is 36.3. The van der Waals surface area contributed by atoms with Crippen molar-refractivity contribution < 1.29 is 0 Å². The summed E-state index contributed by atoms with van der Waals surface area (Å²) in [4.78, 5) is 2.49. The van der Waals surface area contributed by atoms with Crippen molar-refractivity contribution in [3.8, 4) is 33.4 Å². The lowest BCUT2D eigenvalue weighted by molar-refractivity contribution is 1.29. The standard InChI is InChI=1S/C52H33NS2/c1-2-19-37-34(15-1)16-12-25-39(37)40-20-3-7-29-47(40)53(36-18-11-17-35(33-36)38-24-13-27-45-42-22-5-9-31-49(42)54-51(38)45)48-30-8-4-21-41(48)44-26-14-28-46-43-23-6-10-32-50(43)55-52(44)46/h1-33H. The Kier molecular flexibility index (Phi) is 7.61. The summed E-state index contributed by atoms with van der Waals surface area (Å²) in [6.45, 7) is 0. The predicted molar refractivity (Wildman–Crippen MR) is 241 cm³/mol. The highest BCUT2D eigenvalue weighted by Gasteiger charge is 2.23. The molecule has 0 spiro atoms. The van der Waals surface area contributed by atoms with E-state index in [2.05, 4.69) is 205 Å². The van der Waals surface area contributed by atoms with Gasteiger partial charge < -0.3 is 4.90 Å². The molecule has 0 fully saturated rings. The number of rotatable bonds is 6. The molecule has 258 valence electrons. The molecule has 0 aliphatic carbocycles. The Hall–Kier alpha value is -6.52. The molecule has 3 heteroatoms. The van der Waals surface area contributed by atoms with Crippen LogP contribution in [0.15, 0.2) is 200 Å². The van der Waals surface area contributed by atoms with Crippen LogP contribution in [-0.2, 0) is 0 Å². The molecule has 0 bridgehead atoms. The third kappa shape index (κ3) is 5.27. The number of hydrogen-bond acceptors (Lipinski definition) is 3. The zero-order valence-electron chi connectivity index (χ0n) is 29.8. The van der Waals surface area contributed by atoms with Gasteiger partial charge in [0.15, 0.2) is 0 Å². The highest BCUT2D eigenvalue weighted by atomic mass is 32.1. The van der Waals surface area contributed by atoms with Crippen molar-refractivity contribution in [2.75, 3.05) is 4.90 Å². The maximum atomic E-state index is 2.49. The van der Waals surface area contributed by atoms with Crippen LogP contribution >= 0.6 is 22.7 Å². The summed E-state index contributed by atoms with van der Waals surface area (Å²) in [5.74, 6) is 0. The van der Waals surface area contributed by atoms with E-state index in [0.717, 1.165) is 17.1 Å². The van der Waals surface area contributed by atoms with E-state index in [-0.39, 0.29) is 0 Å². The molecule has 55 heavy (non-hydrogen) atoms. The van der Waals surface area contributed by atoms with Crippen molar-refractivity contribution in [3.63, 3.8) is 0 Å². The molecule has 2 aromatic heterocycles. The van der Waals surface area contributed by atoms with Crippen LogP contribution in [0.1, 0.15) is 0 Å². The number of nitrogens with zero attached hydrogens (tertiary/aromatic N) is 1. The number of anilines is 3. The Balaban J connectivity index is 1.18. The van der Waals surface area contributed by atoms with Crippen molar-refractivity contribution in [1.82, 2.24) is 0 Å². The molecule has 11 rings (SSSR count). The maximum Gasteiger partial charge on any atom is 0.0540 e. The van der Waals surface area contributed by atoms with E-state index < -0.39 is 0 Å². The largest absolute Gasteiger partial charge is 0.309 e. The van der Waals surface area contributed by atoms with Gasteiger partial charge in [-0.25, -0.2) is 0 Å². The summed E-state index contributed by atoms with van der Waals surface area (Å²) >= 11 is 3.76. The van der Waals surface area contributed by atoms with E-state index in [1.807, 2.05) is 22.7 Å². The Morgan fingerprint density at radius 2 is 0.764 bits per heavy atom. The normalized spacial score (nSPS) is 11.6. The van der Waals surface area contributed by atoms with E-state index in [1.165, 1.54) is 84.5 Å². The predicted octanol–water partition coefficient (Wildman–Crippen LogP) is 16.0. The van der Waals surface area contributed by atoms with Gasteiger partial charge >= 0.3 is 0 Å². The van der Waals surface area contributed by atoms with Gasteiger partial charge in [-0.05, 0) is 63.9 Å². The number of hydrogen-bond donors (Lipinski definition) is 0. The van der Waals surface area contributed by atoms with E-state index >= 15 is 0 Å². The van der Waals surface area contributed by atoms with Crippen molar-refractivity contribution in [2.45, 2.75) is 0 Å². The quantitative estimate of drug-likeness (QED) is 0.164. The molecule has 0 N–H and O–H groups in total. The minimum atomic E-state index is 1.11. The van der Waals surface area contributed by atoms with Crippen LogP contribution in [-0.4, -0.2) is 0 Å². The van der Waals surface area contributed by atoms with Gasteiger partial charge in [-0.1, -0.05) is 164 Å². The fourth-order valence-electron chi connectivity index (χ4n) is 8.41. The molecular weight excluding hydrogens is 703 g/mol. The van der Waals surface area contributed by atoms with Gasteiger partial charge in [0.1, 0.15) is 0 Å². The van der Waals surface area contributed by atoms with Crippen molar-refractivity contribution in [3.05, 3.63) is 200 Å². The molecule has 0 saturated carbocycles. The molecular formula is C52H33NS2. The van der Waals surface area contributed by atoms with Crippen LogP contribution in [0.3, 0.4) is 0 Å². The van der Waals surface area contributed by atoms with Gasteiger partial charge in [0.25, 0.3) is 0 Å². The van der Waals surface area contributed by atoms with Gasteiger partial charge in [0.05, 0.1) is 11.4 Å². The zero-order valence-corrected chi connectivity index (χ0v) is 31.4. The first-order chi connectivity index (χ1) is 27.3. The topological polar surface area (TPSA) is 3.24 Å². The highest BCUT2D eigenvalue weighted by Crippen LogP contribution is 2.49. The number of benzene rings is 9. The van der Waals surface area contributed by atoms with E-state index in [1.54, 1.807) is 0 Å². The minimum absolute atomic E-state index is 1.11. The fraction of sp³-hybridized carbons (Fsp3) is 0. The summed E-state index contributed by atoms with van der Waals surface area (Å²) in [6.07, 6.45) is 0. The lowest BCUT2D eigenvalue weighted by Crippen LogP contribution is -2.12. The molecule has 2 heterocycles. The average molecular weight is 736 g/mol. The first-order valence-electron chi connectivity index (χ1n) is 18.7. The summed E-state index contributed by atoms with van der Waals surface area (Å²) in [5.41, 5.74) is 10.7. The van der Waals surface area contributed by atoms with Gasteiger partial charge in [-0.15, -0.1) is 22.7 Å². The maximum absolute atomic E-state index is 2.49. The summed E-state index contributed by atoms with van der Waals surface area (Å²) in [6, 6.07) is 73.4. The van der Waals surface area contributed by atoms with Crippen LogP contribution in [0, 0.1) is 0 Å². The van der Waals surface area contributed by atoms with Crippen LogP contribution < -0.4 is 4.90 Å². The van der Waals surface area contributed by atoms with Gasteiger partial charge in [-0.3, -0.25) is 0 Å². The molecule has 0 aliphatic heterocycles. The molecule has 0 amide bonds. The molecule has 9 aromatic carbocycles. The molecule has 1 nitrogen and oxygen atoms in total. The van der Waals surface area contributed by atoms with Crippen LogP contribution in [0.4, 0.5) is 17.1 Å². The van der Waals surface area contributed by atoms with E-state index in [0.29, 0.717) is 0 Å². The lowest BCUT2D eigenvalue weighted by Gasteiger charge is -2.30. The Bertz CT molecular complexity index is 3230. The number of fused-ring (bicyclic) bond motifs is 7. The molecule has 0 saturated heterocycles. The van der Waals surface area contributed by atoms with Gasteiger partial charge in [0, 0.05) is 62.7 Å². The number of thiophene rings is 2. The van der Waals surface area contributed by atoms with Crippen molar-refractivity contribution in [2.24, 2.45) is 0 Å². The molecule has 0 atom stereocenters. The Labute approximate surface area is 327 Å². The Morgan fingerprint density at radius 1 is 0.309 bits per heavy atom. The SMILES string of the molecule is c1cc(-c2cccc3c2sc2ccccc23)cc(N(c2ccccc2-c2cccc3ccccc23)c2ccccc2-c2cccc3c2sc2ccccc23)c1. The van der Waals surface area contributed by atoms with Crippen molar-refractivity contribution in [1.29, 1.82) is 0 Å². The monoisotopic (exact) mass is 735 g/mol. The third-order valence-electron chi connectivity index (χ3n) is 10.9. The lowest BCUT2D eigenvalue weighted by atomic mass is 9.94. The second-order valence-corrected chi connectivity index (χ2v) is 16.1. The Morgan fingerprint density at radius 3 is 1.47 bits per heavy atom. The summed E-state index contributed by atoms with van der Waals surface area (Å²) < 4.78 is 5.25. The highest BCUT2D eigenvalue weighted by molar-refractivity contribution is 7.26. The average Bonchev–Trinajstić information content (AvgIpc) is 3.83. The summed E-state index contributed by atoms with van der Waals surface area (Å²) in [7, 11) is 0. The number of para-hydroxylation sites is 2. The molecule has 0 radical (unpaired) electrons. The van der Waals surface area contributed by atoms with Gasteiger partial charge in [0.2, 0.25) is 0 Å². The minimum Gasteiger partial charge on any atom is -0.309 e. The van der Waals surface area contributed by atoms with Crippen molar-refractivity contribution >= 4 is 90.9 Å². The second kappa shape index (κ2) is 13.1. The van der Waals surface area contributed by atoms with E-state index in [9.17, 15) is 0 Å². The van der Waals surface area contributed by atoms with Crippen LogP contribution in [0.25, 0.3) is 84.5 Å². The van der Waals surface area contributed by atoms with Gasteiger partial charge in [-0.2, -0.15) is 0 Å². The van der Waals surface area contributed by atoms with Crippen LogP contribution in [0.2, 0.25) is 0 Å². The van der Waals surface area contributed by atoms with Crippen LogP contribution in [0.5, 0.6) is 0 Å². The first kappa shape index (κ1) is 32.0. The molecule has 11 aromatic rings. The summed E-state index contributed by atoms with van der Waals surface area (Å²) in [5, 5.41) is 7.71. The third-order valence-corrected chi connectivity index (χ3v) is 13.3.